The lowest BCUT2D eigenvalue weighted by atomic mass is 10.0. The minimum atomic E-state index is -4.45. The van der Waals surface area contributed by atoms with Gasteiger partial charge < -0.3 is 0 Å². The molecule has 0 heterocycles. The Labute approximate surface area is 98.9 Å². The van der Waals surface area contributed by atoms with E-state index in [9.17, 15) is 13.2 Å². The van der Waals surface area contributed by atoms with Crippen molar-refractivity contribution in [1.29, 1.82) is 5.26 Å². The summed E-state index contributed by atoms with van der Waals surface area (Å²) in [6, 6.07) is 5.52. The molecule has 0 aromatic heterocycles. The summed E-state index contributed by atoms with van der Waals surface area (Å²) >= 11 is 0. The predicted octanol–water partition coefficient (Wildman–Crippen LogP) is 4.31. The quantitative estimate of drug-likeness (QED) is 0.720. The van der Waals surface area contributed by atoms with Crippen LogP contribution in [0.15, 0.2) is 18.2 Å². The fourth-order valence-corrected chi connectivity index (χ4v) is 1.66. The highest BCUT2D eigenvalue weighted by Gasteiger charge is 2.33. The van der Waals surface area contributed by atoms with Crippen LogP contribution in [-0.2, 0) is 12.6 Å². The molecular weight excluding hydrogens is 227 g/mol. The molecule has 0 unspecified atom stereocenters. The molecule has 0 atom stereocenters. The van der Waals surface area contributed by atoms with E-state index in [1.54, 1.807) is 12.1 Å². The van der Waals surface area contributed by atoms with Crippen LogP contribution in [0.1, 0.15) is 42.9 Å². The van der Waals surface area contributed by atoms with Gasteiger partial charge in [0.2, 0.25) is 0 Å². The van der Waals surface area contributed by atoms with Gasteiger partial charge >= 0.3 is 6.18 Å². The van der Waals surface area contributed by atoms with E-state index in [2.05, 4.69) is 0 Å². The van der Waals surface area contributed by atoms with Gasteiger partial charge in [-0.05, 0) is 30.5 Å². The van der Waals surface area contributed by atoms with Crippen molar-refractivity contribution >= 4 is 0 Å². The molecule has 4 heteroatoms. The van der Waals surface area contributed by atoms with Crippen LogP contribution in [0.5, 0.6) is 0 Å². The Bertz CT molecular complexity index is 416. The zero-order valence-electron chi connectivity index (χ0n) is 9.64. The predicted molar refractivity (Wildman–Crippen MR) is 59.4 cm³/mol. The van der Waals surface area contributed by atoms with Crippen molar-refractivity contribution in [3.05, 3.63) is 34.9 Å². The topological polar surface area (TPSA) is 23.8 Å². The Morgan fingerprint density at radius 2 is 1.94 bits per heavy atom. The monoisotopic (exact) mass is 241 g/mol. The molecule has 1 rings (SSSR count). The smallest absolute Gasteiger partial charge is 0.192 e. The van der Waals surface area contributed by atoms with Crippen LogP contribution >= 0.6 is 0 Å². The largest absolute Gasteiger partial charge is 0.417 e. The van der Waals surface area contributed by atoms with Gasteiger partial charge in [0.1, 0.15) is 0 Å². The summed E-state index contributed by atoms with van der Waals surface area (Å²) in [5.41, 5.74) is -0.490. The van der Waals surface area contributed by atoms with Crippen LogP contribution in [0.4, 0.5) is 13.2 Å². The molecule has 0 N–H and O–H groups in total. The normalized spacial score (nSPS) is 11.2. The first-order chi connectivity index (χ1) is 7.99. The van der Waals surface area contributed by atoms with Crippen molar-refractivity contribution in [2.45, 2.75) is 38.8 Å². The van der Waals surface area contributed by atoms with E-state index in [4.69, 9.17) is 5.26 Å². The molecular formula is C13H14F3N. The van der Waals surface area contributed by atoms with Gasteiger partial charge in [-0.1, -0.05) is 25.8 Å². The maximum Gasteiger partial charge on any atom is 0.417 e. The van der Waals surface area contributed by atoms with Gasteiger partial charge in [0.15, 0.2) is 0 Å². The minimum absolute atomic E-state index is 0.309. The van der Waals surface area contributed by atoms with Crippen LogP contribution in [-0.4, -0.2) is 0 Å². The summed E-state index contributed by atoms with van der Waals surface area (Å²) in [4.78, 5) is 0. The highest BCUT2D eigenvalue weighted by atomic mass is 19.4. The van der Waals surface area contributed by atoms with Gasteiger partial charge in [-0.25, -0.2) is 0 Å². The van der Waals surface area contributed by atoms with Crippen molar-refractivity contribution in [3.8, 4) is 6.07 Å². The maximum absolute atomic E-state index is 12.7. The maximum atomic E-state index is 12.7. The number of benzene rings is 1. The Morgan fingerprint density at radius 3 is 2.47 bits per heavy atom. The molecule has 0 spiro atoms. The molecule has 0 aliphatic carbocycles. The zero-order chi connectivity index (χ0) is 12.9. The highest BCUT2D eigenvalue weighted by Crippen LogP contribution is 2.32. The Morgan fingerprint density at radius 1 is 1.24 bits per heavy atom. The second-order valence-corrected chi connectivity index (χ2v) is 3.95. The Balaban J connectivity index is 2.94. The lowest BCUT2D eigenvalue weighted by Gasteiger charge is -2.10. The second-order valence-electron chi connectivity index (χ2n) is 3.95. The van der Waals surface area contributed by atoms with Gasteiger partial charge in [0.25, 0.3) is 0 Å². The van der Waals surface area contributed by atoms with E-state index in [1.165, 1.54) is 6.07 Å². The lowest BCUT2D eigenvalue weighted by Crippen LogP contribution is -2.08. The van der Waals surface area contributed by atoms with Crippen molar-refractivity contribution in [3.63, 3.8) is 0 Å². The zero-order valence-corrected chi connectivity index (χ0v) is 9.64. The number of aryl methyl sites for hydroxylation is 1. The van der Waals surface area contributed by atoms with E-state index < -0.39 is 11.7 Å². The van der Waals surface area contributed by atoms with Crippen LogP contribution in [0.2, 0.25) is 0 Å². The SMILES string of the molecule is CCCCCc1ccc(C#N)c(C(F)(F)F)c1. The summed E-state index contributed by atoms with van der Waals surface area (Å²) in [5.74, 6) is 0. The van der Waals surface area contributed by atoms with E-state index >= 15 is 0 Å². The van der Waals surface area contributed by atoms with Crippen molar-refractivity contribution in [2.75, 3.05) is 0 Å². The second kappa shape index (κ2) is 5.72. The molecule has 0 aliphatic heterocycles. The number of halogens is 3. The third-order valence-electron chi connectivity index (χ3n) is 2.58. The lowest BCUT2D eigenvalue weighted by molar-refractivity contribution is -0.137. The molecule has 92 valence electrons. The van der Waals surface area contributed by atoms with E-state index in [-0.39, 0.29) is 5.56 Å². The van der Waals surface area contributed by atoms with Crippen LogP contribution < -0.4 is 0 Å². The highest BCUT2D eigenvalue weighted by molar-refractivity contribution is 5.42. The number of alkyl halides is 3. The van der Waals surface area contributed by atoms with Crippen molar-refractivity contribution < 1.29 is 13.2 Å². The van der Waals surface area contributed by atoms with Crippen LogP contribution in [0.3, 0.4) is 0 Å². The molecule has 0 radical (unpaired) electrons. The number of hydrogen-bond donors (Lipinski definition) is 0. The number of nitriles is 1. The van der Waals surface area contributed by atoms with E-state index in [0.29, 0.717) is 12.0 Å². The first-order valence-corrected chi connectivity index (χ1v) is 5.59. The average Bonchev–Trinajstić information content (AvgIpc) is 2.28. The fraction of sp³-hybridized carbons (Fsp3) is 0.462. The first kappa shape index (κ1) is 13.6. The standard InChI is InChI=1S/C13H14F3N/c1-2-3-4-5-10-6-7-11(9-17)12(8-10)13(14,15)16/h6-8H,2-5H2,1H3. The van der Waals surface area contributed by atoms with Crippen LogP contribution in [0, 0.1) is 11.3 Å². The van der Waals surface area contributed by atoms with Gasteiger partial charge in [0.05, 0.1) is 17.2 Å². The van der Waals surface area contributed by atoms with Crippen molar-refractivity contribution in [1.82, 2.24) is 0 Å². The van der Waals surface area contributed by atoms with Crippen molar-refractivity contribution in [2.24, 2.45) is 0 Å². The van der Waals surface area contributed by atoms with Crippen LogP contribution in [0.25, 0.3) is 0 Å². The Kier molecular flexibility index (Phi) is 4.56. The van der Waals surface area contributed by atoms with E-state index in [1.807, 2.05) is 6.92 Å². The molecule has 0 amide bonds. The fourth-order valence-electron chi connectivity index (χ4n) is 1.66. The number of rotatable bonds is 4. The summed E-state index contributed by atoms with van der Waals surface area (Å²) < 4.78 is 38.0. The van der Waals surface area contributed by atoms with E-state index in [0.717, 1.165) is 25.3 Å². The summed E-state index contributed by atoms with van der Waals surface area (Å²) in [6.07, 6.45) is -0.919. The molecule has 17 heavy (non-hydrogen) atoms. The molecule has 0 saturated carbocycles. The van der Waals surface area contributed by atoms with Gasteiger partial charge in [-0.3, -0.25) is 0 Å². The molecule has 1 aromatic carbocycles. The molecule has 0 saturated heterocycles. The average molecular weight is 241 g/mol. The van der Waals surface area contributed by atoms with Gasteiger partial charge in [-0.15, -0.1) is 0 Å². The summed E-state index contributed by atoms with van der Waals surface area (Å²) in [6.45, 7) is 2.04. The molecule has 1 nitrogen and oxygen atoms in total. The molecule has 0 fully saturated rings. The first-order valence-electron chi connectivity index (χ1n) is 5.59. The Hall–Kier alpha value is -1.50. The number of hydrogen-bond acceptors (Lipinski definition) is 1. The molecule has 1 aromatic rings. The number of unbranched alkanes of at least 4 members (excludes halogenated alkanes) is 2. The third kappa shape index (κ3) is 3.77. The third-order valence-corrected chi connectivity index (χ3v) is 2.58. The minimum Gasteiger partial charge on any atom is -0.192 e. The van der Waals surface area contributed by atoms with Gasteiger partial charge in [-0.2, -0.15) is 18.4 Å². The molecule has 0 bridgehead atoms. The van der Waals surface area contributed by atoms with Gasteiger partial charge in [0, 0.05) is 0 Å². The molecule has 0 aliphatic rings. The summed E-state index contributed by atoms with van der Waals surface area (Å²) in [5, 5.41) is 8.64. The summed E-state index contributed by atoms with van der Waals surface area (Å²) in [7, 11) is 0. The number of nitrogens with zero attached hydrogens (tertiary/aromatic N) is 1.